The van der Waals surface area contributed by atoms with Gasteiger partial charge in [0.25, 0.3) is 0 Å². The predicted molar refractivity (Wildman–Crippen MR) is 83.4 cm³/mol. The molecule has 2 atom stereocenters. The van der Waals surface area contributed by atoms with Crippen molar-refractivity contribution >= 4 is 22.7 Å². The van der Waals surface area contributed by atoms with Crippen molar-refractivity contribution < 1.29 is 4.74 Å². The van der Waals surface area contributed by atoms with Crippen LogP contribution in [0.5, 0.6) is 5.75 Å². The monoisotopic (exact) mass is 291 g/mol. The van der Waals surface area contributed by atoms with Crippen LogP contribution in [-0.2, 0) is 0 Å². The molecule has 0 radical (unpaired) electrons. The van der Waals surface area contributed by atoms with E-state index in [1.807, 2.05) is 24.0 Å². The van der Waals surface area contributed by atoms with Gasteiger partial charge in [0.1, 0.15) is 11.9 Å². The highest BCUT2D eigenvalue weighted by atomic mass is 32.2. The van der Waals surface area contributed by atoms with Crippen molar-refractivity contribution in [2.24, 2.45) is 5.73 Å². The first-order valence-corrected chi connectivity index (χ1v) is 8.27. The summed E-state index contributed by atoms with van der Waals surface area (Å²) in [5, 5.41) is 8.30. The zero-order valence-electron chi connectivity index (χ0n) is 11.8. The van der Waals surface area contributed by atoms with Crippen molar-refractivity contribution in [1.29, 1.82) is 0 Å². The van der Waals surface area contributed by atoms with E-state index >= 15 is 0 Å². The molecule has 1 aliphatic carbocycles. The fourth-order valence-electron chi connectivity index (χ4n) is 2.83. The second kappa shape index (κ2) is 6.06. The topological polar surface area (TPSA) is 63.9 Å². The van der Waals surface area contributed by atoms with Crippen molar-refractivity contribution in [2.75, 3.05) is 5.75 Å². The van der Waals surface area contributed by atoms with E-state index in [9.17, 15) is 0 Å². The molecule has 1 saturated carbocycles. The molecule has 3 rings (SSSR count). The van der Waals surface area contributed by atoms with Crippen molar-refractivity contribution in [2.45, 2.75) is 49.6 Å². The van der Waals surface area contributed by atoms with Gasteiger partial charge in [-0.1, -0.05) is 6.92 Å². The first kappa shape index (κ1) is 13.8. The van der Waals surface area contributed by atoms with Gasteiger partial charge in [-0.2, -0.15) is 5.10 Å². The van der Waals surface area contributed by atoms with Crippen molar-refractivity contribution in [1.82, 2.24) is 10.2 Å². The molecule has 1 aromatic carbocycles. The first-order valence-electron chi connectivity index (χ1n) is 7.29. The maximum Gasteiger partial charge on any atom is 0.134 e. The number of nitrogens with one attached hydrogen (secondary N) is 1. The fraction of sp³-hybridized carbons (Fsp3) is 0.533. The Kier molecular flexibility index (Phi) is 4.17. The SMILES string of the molecule is CCSc1c(OC2CCCC(N)C2)ccc2[nH]ncc12. The number of nitrogens with zero attached hydrogens (tertiary/aromatic N) is 1. The molecule has 1 fully saturated rings. The zero-order valence-corrected chi connectivity index (χ0v) is 12.6. The normalized spacial score (nSPS) is 23.1. The third-order valence-electron chi connectivity index (χ3n) is 3.79. The largest absolute Gasteiger partial charge is 0.489 e. The Morgan fingerprint density at radius 2 is 2.35 bits per heavy atom. The number of aromatic amines is 1. The molecule has 1 heterocycles. The molecule has 3 N–H and O–H groups in total. The van der Waals surface area contributed by atoms with Crippen LogP contribution in [-0.4, -0.2) is 28.1 Å². The molecular weight excluding hydrogens is 270 g/mol. The van der Waals surface area contributed by atoms with E-state index < -0.39 is 0 Å². The van der Waals surface area contributed by atoms with Crippen molar-refractivity contribution in [3.05, 3.63) is 18.3 Å². The number of hydrogen-bond donors (Lipinski definition) is 2. The summed E-state index contributed by atoms with van der Waals surface area (Å²) in [5.74, 6) is 2.00. The van der Waals surface area contributed by atoms with Gasteiger partial charge in [-0.15, -0.1) is 11.8 Å². The van der Waals surface area contributed by atoms with Gasteiger partial charge in [0.15, 0.2) is 0 Å². The molecule has 4 nitrogen and oxygen atoms in total. The molecule has 0 aliphatic heterocycles. The summed E-state index contributed by atoms with van der Waals surface area (Å²) >= 11 is 1.81. The molecule has 0 saturated heterocycles. The van der Waals surface area contributed by atoms with Crippen LogP contribution >= 0.6 is 11.8 Å². The van der Waals surface area contributed by atoms with Crippen LogP contribution in [0.2, 0.25) is 0 Å². The molecule has 0 amide bonds. The van der Waals surface area contributed by atoms with E-state index in [2.05, 4.69) is 23.2 Å². The summed E-state index contributed by atoms with van der Waals surface area (Å²) in [6, 6.07) is 4.38. The molecule has 0 spiro atoms. The molecule has 2 aromatic rings. The quantitative estimate of drug-likeness (QED) is 0.848. The van der Waals surface area contributed by atoms with Gasteiger partial charge in [-0.25, -0.2) is 0 Å². The minimum Gasteiger partial charge on any atom is -0.489 e. The van der Waals surface area contributed by atoms with Gasteiger partial charge >= 0.3 is 0 Å². The number of hydrogen-bond acceptors (Lipinski definition) is 4. The second-order valence-electron chi connectivity index (χ2n) is 5.32. The third kappa shape index (κ3) is 2.79. The molecule has 0 bridgehead atoms. The van der Waals surface area contributed by atoms with E-state index in [1.54, 1.807) is 0 Å². The second-order valence-corrected chi connectivity index (χ2v) is 6.60. The third-order valence-corrected chi connectivity index (χ3v) is 4.79. The smallest absolute Gasteiger partial charge is 0.134 e. The predicted octanol–water partition coefficient (Wildman–Crippen LogP) is 3.32. The summed E-state index contributed by atoms with van der Waals surface area (Å²) in [4.78, 5) is 1.19. The molecule has 108 valence electrons. The molecular formula is C15H21N3OS. The van der Waals surface area contributed by atoms with Gasteiger partial charge in [-0.05, 0) is 43.6 Å². The van der Waals surface area contributed by atoms with Crippen LogP contribution in [0, 0.1) is 0 Å². The standard InChI is InChI=1S/C15H21N3OS/c1-2-20-15-12-9-17-18-13(12)6-7-14(15)19-11-5-3-4-10(16)8-11/h6-7,9-11H,2-5,8,16H2,1H3,(H,17,18). The lowest BCUT2D eigenvalue weighted by atomic mass is 9.93. The minimum atomic E-state index is 0.249. The lowest BCUT2D eigenvalue weighted by Gasteiger charge is -2.28. The average molecular weight is 291 g/mol. The van der Waals surface area contributed by atoms with Crippen LogP contribution in [0.25, 0.3) is 10.9 Å². The first-order chi connectivity index (χ1) is 9.78. The molecule has 1 aliphatic rings. The summed E-state index contributed by atoms with van der Waals surface area (Å²) in [6.07, 6.45) is 6.48. The lowest BCUT2D eigenvalue weighted by Crippen LogP contribution is -2.33. The number of rotatable bonds is 4. The van der Waals surface area contributed by atoms with Gasteiger partial charge in [-0.3, -0.25) is 5.10 Å². The van der Waals surface area contributed by atoms with Crippen LogP contribution in [0.1, 0.15) is 32.6 Å². The maximum absolute atomic E-state index is 6.24. The van der Waals surface area contributed by atoms with Crippen molar-refractivity contribution in [3.63, 3.8) is 0 Å². The van der Waals surface area contributed by atoms with E-state index in [0.717, 1.165) is 48.1 Å². The van der Waals surface area contributed by atoms with E-state index in [4.69, 9.17) is 10.5 Å². The Bertz CT molecular complexity index is 584. The lowest BCUT2D eigenvalue weighted by molar-refractivity contribution is 0.141. The van der Waals surface area contributed by atoms with Crippen LogP contribution < -0.4 is 10.5 Å². The Morgan fingerprint density at radius 1 is 1.45 bits per heavy atom. The zero-order chi connectivity index (χ0) is 13.9. The summed E-state index contributed by atoms with van der Waals surface area (Å²) < 4.78 is 6.24. The maximum atomic E-state index is 6.24. The van der Waals surface area contributed by atoms with E-state index in [0.29, 0.717) is 0 Å². The number of nitrogens with two attached hydrogens (primary N) is 1. The minimum absolute atomic E-state index is 0.249. The van der Waals surface area contributed by atoms with Gasteiger partial charge < -0.3 is 10.5 Å². The number of thioether (sulfide) groups is 1. The van der Waals surface area contributed by atoms with Crippen molar-refractivity contribution in [3.8, 4) is 5.75 Å². The highest BCUT2D eigenvalue weighted by molar-refractivity contribution is 7.99. The van der Waals surface area contributed by atoms with E-state index in [-0.39, 0.29) is 12.1 Å². The number of ether oxygens (including phenoxy) is 1. The van der Waals surface area contributed by atoms with Gasteiger partial charge in [0.05, 0.1) is 16.6 Å². The highest BCUT2D eigenvalue weighted by Gasteiger charge is 2.22. The average Bonchev–Trinajstić information content (AvgIpc) is 2.90. The van der Waals surface area contributed by atoms with Crippen LogP contribution in [0.4, 0.5) is 0 Å². The Balaban J connectivity index is 1.87. The highest BCUT2D eigenvalue weighted by Crippen LogP contribution is 2.37. The Hall–Kier alpha value is -1.20. The fourth-order valence-corrected chi connectivity index (χ4v) is 3.69. The van der Waals surface area contributed by atoms with Gasteiger partial charge in [0.2, 0.25) is 0 Å². The Labute approximate surface area is 123 Å². The van der Waals surface area contributed by atoms with Crippen LogP contribution in [0.15, 0.2) is 23.2 Å². The number of fused-ring (bicyclic) bond motifs is 1. The Morgan fingerprint density at radius 3 is 3.15 bits per heavy atom. The van der Waals surface area contributed by atoms with Gasteiger partial charge in [0, 0.05) is 11.4 Å². The molecule has 1 aromatic heterocycles. The summed E-state index contributed by atoms with van der Waals surface area (Å²) in [6.45, 7) is 2.16. The molecule has 20 heavy (non-hydrogen) atoms. The van der Waals surface area contributed by atoms with E-state index in [1.165, 1.54) is 4.90 Å². The summed E-state index contributed by atoms with van der Waals surface area (Å²) in [5.41, 5.74) is 7.11. The molecule has 2 unspecified atom stereocenters. The number of aromatic nitrogens is 2. The number of benzene rings is 1. The summed E-state index contributed by atoms with van der Waals surface area (Å²) in [7, 11) is 0. The number of H-pyrrole nitrogens is 1. The molecule has 5 heteroatoms. The van der Waals surface area contributed by atoms with Crippen LogP contribution in [0.3, 0.4) is 0 Å².